The summed E-state index contributed by atoms with van der Waals surface area (Å²) in [5.74, 6) is 1.20. The van der Waals surface area contributed by atoms with Crippen LogP contribution in [0.2, 0.25) is 0 Å². The summed E-state index contributed by atoms with van der Waals surface area (Å²) in [6.45, 7) is 3.84. The molecule has 114 valence electrons. The lowest BCUT2D eigenvalue weighted by Gasteiger charge is -2.31. The molecule has 1 fully saturated rings. The van der Waals surface area contributed by atoms with Gasteiger partial charge in [0, 0.05) is 31.0 Å². The fourth-order valence-corrected chi connectivity index (χ4v) is 2.69. The Labute approximate surface area is 130 Å². The van der Waals surface area contributed by atoms with Crippen molar-refractivity contribution in [2.75, 3.05) is 13.1 Å². The maximum atomic E-state index is 12.6. The zero-order valence-electron chi connectivity index (χ0n) is 12.6. The number of rotatable bonds is 3. The summed E-state index contributed by atoms with van der Waals surface area (Å²) in [6, 6.07) is 9.19. The first-order chi connectivity index (χ1) is 10.7. The van der Waals surface area contributed by atoms with Crippen molar-refractivity contribution in [3.05, 3.63) is 48.3 Å². The number of aromatic nitrogens is 2. The predicted molar refractivity (Wildman–Crippen MR) is 82.8 cm³/mol. The monoisotopic (exact) mass is 297 g/mol. The lowest BCUT2D eigenvalue weighted by atomic mass is 9.99. The molecule has 1 amide bonds. The van der Waals surface area contributed by atoms with Crippen molar-refractivity contribution in [1.82, 2.24) is 14.9 Å². The molecule has 1 aromatic carbocycles. The Balaban J connectivity index is 1.74. The molecule has 3 rings (SSSR count). The summed E-state index contributed by atoms with van der Waals surface area (Å²) < 4.78 is 5.58. The topological polar surface area (TPSA) is 55.3 Å². The predicted octanol–water partition coefficient (Wildman–Crippen LogP) is 3.14. The van der Waals surface area contributed by atoms with Crippen molar-refractivity contribution in [3.8, 4) is 11.8 Å². The SMILES string of the molecule is C[C@H]1CCCN(C(=O)c2cccc(Oc3ncccn3)c2)C1. The minimum atomic E-state index is 0.0611. The van der Waals surface area contributed by atoms with Crippen LogP contribution in [0.25, 0.3) is 0 Å². The molecular formula is C17H19N3O2. The van der Waals surface area contributed by atoms with Gasteiger partial charge in [-0.3, -0.25) is 4.79 Å². The first-order valence-corrected chi connectivity index (χ1v) is 7.56. The van der Waals surface area contributed by atoms with Crippen LogP contribution in [0.1, 0.15) is 30.1 Å². The van der Waals surface area contributed by atoms with Crippen molar-refractivity contribution in [2.24, 2.45) is 5.92 Å². The lowest BCUT2D eigenvalue weighted by Crippen LogP contribution is -2.39. The first kappa shape index (κ1) is 14.5. The molecule has 0 radical (unpaired) electrons. The molecule has 1 aliphatic rings. The van der Waals surface area contributed by atoms with E-state index in [1.54, 1.807) is 30.6 Å². The van der Waals surface area contributed by atoms with Gasteiger partial charge in [0.2, 0.25) is 0 Å². The normalized spacial score (nSPS) is 18.0. The molecule has 1 aliphatic heterocycles. The number of amides is 1. The van der Waals surface area contributed by atoms with Crippen LogP contribution in [-0.2, 0) is 0 Å². The molecule has 0 N–H and O–H groups in total. The second kappa shape index (κ2) is 6.56. The van der Waals surface area contributed by atoms with E-state index >= 15 is 0 Å². The third kappa shape index (κ3) is 3.42. The summed E-state index contributed by atoms with van der Waals surface area (Å²) in [7, 11) is 0. The van der Waals surface area contributed by atoms with Gasteiger partial charge in [-0.15, -0.1) is 0 Å². The summed E-state index contributed by atoms with van der Waals surface area (Å²) in [5.41, 5.74) is 0.641. The molecule has 5 nitrogen and oxygen atoms in total. The lowest BCUT2D eigenvalue weighted by molar-refractivity contribution is 0.0682. The van der Waals surface area contributed by atoms with E-state index in [4.69, 9.17) is 4.74 Å². The van der Waals surface area contributed by atoms with Gasteiger partial charge in [-0.25, -0.2) is 9.97 Å². The van der Waals surface area contributed by atoms with Gasteiger partial charge in [-0.2, -0.15) is 0 Å². The van der Waals surface area contributed by atoms with Crippen LogP contribution in [-0.4, -0.2) is 33.9 Å². The zero-order valence-corrected chi connectivity index (χ0v) is 12.6. The molecule has 1 aromatic heterocycles. The molecule has 1 atom stereocenters. The Morgan fingerprint density at radius 3 is 2.86 bits per heavy atom. The molecule has 0 unspecified atom stereocenters. The molecule has 0 aliphatic carbocycles. The Kier molecular flexibility index (Phi) is 4.32. The molecule has 0 saturated carbocycles. The molecule has 1 saturated heterocycles. The Morgan fingerprint density at radius 2 is 2.09 bits per heavy atom. The van der Waals surface area contributed by atoms with E-state index in [0.717, 1.165) is 19.5 Å². The van der Waals surface area contributed by atoms with Crippen LogP contribution in [0.4, 0.5) is 0 Å². The van der Waals surface area contributed by atoms with Crippen LogP contribution < -0.4 is 4.74 Å². The van der Waals surface area contributed by atoms with Crippen molar-refractivity contribution in [2.45, 2.75) is 19.8 Å². The van der Waals surface area contributed by atoms with Crippen LogP contribution >= 0.6 is 0 Å². The van der Waals surface area contributed by atoms with Crippen LogP contribution in [0.3, 0.4) is 0 Å². The zero-order chi connectivity index (χ0) is 15.4. The second-order valence-electron chi connectivity index (χ2n) is 5.66. The van der Waals surface area contributed by atoms with Gasteiger partial charge in [0.15, 0.2) is 0 Å². The maximum absolute atomic E-state index is 12.6. The van der Waals surface area contributed by atoms with Crippen LogP contribution in [0.15, 0.2) is 42.7 Å². The molecule has 2 heterocycles. The number of ether oxygens (including phenoxy) is 1. The average Bonchev–Trinajstić information content (AvgIpc) is 2.55. The highest BCUT2D eigenvalue weighted by Gasteiger charge is 2.22. The van der Waals surface area contributed by atoms with E-state index in [1.807, 2.05) is 17.0 Å². The maximum Gasteiger partial charge on any atom is 0.321 e. The van der Waals surface area contributed by atoms with Gasteiger partial charge < -0.3 is 9.64 Å². The highest BCUT2D eigenvalue weighted by atomic mass is 16.5. The molecule has 0 spiro atoms. The third-order valence-electron chi connectivity index (χ3n) is 3.78. The second-order valence-corrected chi connectivity index (χ2v) is 5.66. The quantitative estimate of drug-likeness (QED) is 0.873. The van der Waals surface area contributed by atoms with Gasteiger partial charge in [0.05, 0.1) is 0 Å². The van der Waals surface area contributed by atoms with Crippen molar-refractivity contribution >= 4 is 5.91 Å². The van der Waals surface area contributed by atoms with E-state index in [-0.39, 0.29) is 11.9 Å². The fraction of sp³-hybridized carbons (Fsp3) is 0.353. The standard InChI is InChI=1S/C17H19N3O2/c1-13-5-3-10-20(12-13)16(21)14-6-2-7-15(11-14)22-17-18-8-4-9-19-17/h2,4,6-9,11,13H,3,5,10,12H2,1H3/t13-/m0/s1. The van der Waals surface area contributed by atoms with Crippen LogP contribution in [0.5, 0.6) is 11.8 Å². The number of piperidine rings is 1. The van der Waals surface area contributed by atoms with Crippen molar-refractivity contribution in [3.63, 3.8) is 0 Å². The van der Waals surface area contributed by atoms with E-state index in [2.05, 4.69) is 16.9 Å². The smallest absolute Gasteiger partial charge is 0.321 e. The molecule has 5 heteroatoms. The number of hydrogen-bond acceptors (Lipinski definition) is 4. The largest absolute Gasteiger partial charge is 0.424 e. The van der Waals surface area contributed by atoms with Crippen molar-refractivity contribution < 1.29 is 9.53 Å². The number of carbonyl (C=O) groups is 1. The first-order valence-electron chi connectivity index (χ1n) is 7.56. The van der Waals surface area contributed by atoms with E-state index in [0.29, 0.717) is 17.2 Å². The number of likely N-dealkylation sites (tertiary alicyclic amines) is 1. The Hall–Kier alpha value is -2.43. The van der Waals surface area contributed by atoms with Gasteiger partial charge >= 0.3 is 6.01 Å². The Morgan fingerprint density at radius 1 is 1.27 bits per heavy atom. The Bertz CT molecular complexity index is 645. The minimum absolute atomic E-state index is 0.0611. The van der Waals surface area contributed by atoms with Crippen molar-refractivity contribution in [1.29, 1.82) is 0 Å². The van der Waals surface area contributed by atoms with Crippen LogP contribution in [0, 0.1) is 5.92 Å². The summed E-state index contributed by atoms with van der Waals surface area (Å²) in [6.07, 6.45) is 5.50. The van der Waals surface area contributed by atoms with E-state index in [9.17, 15) is 4.79 Å². The summed E-state index contributed by atoms with van der Waals surface area (Å²) in [5, 5.41) is 0. The summed E-state index contributed by atoms with van der Waals surface area (Å²) in [4.78, 5) is 22.6. The van der Waals surface area contributed by atoms with Gasteiger partial charge in [0.1, 0.15) is 5.75 Å². The average molecular weight is 297 g/mol. The number of hydrogen-bond donors (Lipinski definition) is 0. The molecule has 0 bridgehead atoms. The molecule has 2 aromatic rings. The van der Waals surface area contributed by atoms with Gasteiger partial charge in [-0.05, 0) is 43.0 Å². The molecule has 22 heavy (non-hydrogen) atoms. The number of nitrogens with zero attached hydrogens (tertiary/aromatic N) is 3. The highest BCUT2D eigenvalue weighted by Crippen LogP contribution is 2.22. The van der Waals surface area contributed by atoms with E-state index < -0.39 is 0 Å². The van der Waals surface area contributed by atoms with E-state index in [1.165, 1.54) is 6.42 Å². The summed E-state index contributed by atoms with van der Waals surface area (Å²) >= 11 is 0. The molecular weight excluding hydrogens is 278 g/mol. The minimum Gasteiger partial charge on any atom is -0.424 e. The third-order valence-corrected chi connectivity index (χ3v) is 3.78. The highest BCUT2D eigenvalue weighted by molar-refractivity contribution is 5.94. The number of carbonyl (C=O) groups excluding carboxylic acids is 1. The van der Waals surface area contributed by atoms with Gasteiger partial charge in [0.25, 0.3) is 5.91 Å². The number of benzene rings is 1. The van der Waals surface area contributed by atoms with Gasteiger partial charge in [-0.1, -0.05) is 13.0 Å². The fourth-order valence-electron chi connectivity index (χ4n) is 2.69.